The smallest absolute Gasteiger partial charge is 0.195 e. The third kappa shape index (κ3) is 2.62. The standard InChI is InChI=1S/C11H15N3O/c1-2-15-10-5-3-4-9(8-10)14-11-12-6-7-13-11/h3-5,8H,2,6-7H2,1H3,(H2,12,13,14). The Bertz CT molecular complexity index is 363. The van der Waals surface area contributed by atoms with E-state index in [4.69, 9.17) is 4.74 Å². The summed E-state index contributed by atoms with van der Waals surface area (Å²) in [6.07, 6.45) is 0. The first-order chi connectivity index (χ1) is 7.38. The number of nitrogens with zero attached hydrogens (tertiary/aromatic N) is 1. The van der Waals surface area contributed by atoms with Gasteiger partial charge in [-0.05, 0) is 19.1 Å². The van der Waals surface area contributed by atoms with Crippen molar-refractivity contribution in [1.29, 1.82) is 0 Å². The van der Waals surface area contributed by atoms with E-state index in [1.807, 2.05) is 31.2 Å². The lowest BCUT2D eigenvalue weighted by molar-refractivity contribution is 0.340. The molecule has 1 aliphatic heterocycles. The maximum absolute atomic E-state index is 5.41. The first kappa shape index (κ1) is 9.83. The summed E-state index contributed by atoms with van der Waals surface area (Å²) in [5.41, 5.74) is 0.995. The van der Waals surface area contributed by atoms with E-state index in [1.54, 1.807) is 0 Å². The van der Waals surface area contributed by atoms with Crippen molar-refractivity contribution in [2.45, 2.75) is 6.92 Å². The van der Waals surface area contributed by atoms with Gasteiger partial charge in [-0.25, -0.2) is 0 Å². The molecule has 1 aromatic carbocycles. The molecular formula is C11H15N3O. The monoisotopic (exact) mass is 205 g/mol. The number of rotatable bonds is 3. The quantitative estimate of drug-likeness (QED) is 0.785. The average molecular weight is 205 g/mol. The van der Waals surface area contributed by atoms with Crippen molar-refractivity contribution in [3.63, 3.8) is 0 Å². The predicted molar refractivity (Wildman–Crippen MR) is 61.5 cm³/mol. The number of ether oxygens (including phenoxy) is 1. The molecule has 1 heterocycles. The van der Waals surface area contributed by atoms with E-state index in [-0.39, 0.29) is 0 Å². The van der Waals surface area contributed by atoms with Gasteiger partial charge in [0.05, 0.1) is 13.2 Å². The van der Waals surface area contributed by atoms with Gasteiger partial charge in [-0.3, -0.25) is 4.99 Å². The average Bonchev–Trinajstić information content (AvgIpc) is 2.71. The molecule has 0 unspecified atom stereocenters. The molecule has 0 atom stereocenters. The van der Waals surface area contributed by atoms with Crippen LogP contribution in [-0.2, 0) is 0 Å². The van der Waals surface area contributed by atoms with Crippen LogP contribution in [-0.4, -0.2) is 25.7 Å². The first-order valence-corrected chi connectivity index (χ1v) is 5.16. The van der Waals surface area contributed by atoms with Crippen LogP contribution < -0.4 is 15.4 Å². The second-order valence-electron chi connectivity index (χ2n) is 3.24. The molecule has 0 spiro atoms. The van der Waals surface area contributed by atoms with Crippen molar-refractivity contribution in [3.8, 4) is 5.75 Å². The number of anilines is 1. The van der Waals surface area contributed by atoms with Crippen molar-refractivity contribution in [1.82, 2.24) is 5.32 Å². The maximum atomic E-state index is 5.41. The third-order valence-electron chi connectivity index (χ3n) is 2.08. The fraction of sp³-hybridized carbons (Fsp3) is 0.364. The van der Waals surface area contributed by atoms with E-state index in [0.29, 0.717) is 6.61 Å². The normalized spacial score (nSPS) is 14.3. The highest BCUT2D eigenvalue weighted by atomic mass is 16.5. The van der Waals surface area contributed by atoms with Gasteiger partial charge in [-0.15, -0.1) is 0 Å². The van der Waals surface area contributed by atoms with Gasteiger partial charge in [0, 0.05) is 18.3 Å². The Balaban J connectivity index is 2.04. The summed E-state index contributed by atoms with van der Waals surface area (Å²) in [7, 11) is 0. The molecule has 15 heavy (non-hydrogen) atoms. The van der Waals surface area contributed by atoms with Crippen LogP contribution >= 0.6 is 0 Å². The molecule has 0 aromatic heterocycles. The van der Waals surface area contributed by atoms with Crippen LogP contribution in [0, 0.1) is 0 Å². The summed E-state index contributed by atoms with van der Waals surface area (Å²) in [6, 6.07) is 7.86. The van der Waals surface area contributed by atoms with Crippen LogP contribution in [0.4, 0.5) is 5.69 Å². The summed E-state index contributed by atoms with van der Waals surface area (Å²) in [5, 5.41) is 6.35. The van der Waals surface area contributed by atoms with Crippen LogP contribution in [0.2, 0.25) is 0 Å². The first-order valence-electron chi connectivity index (χ1n) is 5.16. The Morgan fingerprint density at radius 2 is 2.47 bits per heavy atom. The van der Waals surface area contributed by atoms with Gasteiger partial charge < -0.3 is 15.4 Å². The SMILES string of the molecule is CCOc1cccc(NC2=NCCN2)c1. The molecule has 4 nitrogen and oxygen atoms in total. The summed E-state index contributed by atoms with van der Waals surface area (Å²) in [6.45, 7) is 4.41. The van der Waals surface area contributed by atoms with E-state index >= 15 is 0 Å². The lowest BCUT2D eigenvalue weighted by Gasteiger charge is -2.08. The Hall–Kier alpha value is -1.71. The zero-order valence-electron chi connectivity index (χ0n) is 8.79. The number of nitrogens with one attached hydrogen (secondary N) is 2. The Kier molecular flexibility index (Phi) is 3.07. The third-order valence-corrected chi connectivity index (χ3v) is 2.08. The minimum atomic E-state index is 0.683. The largest absolute Gasteiger partial charge is 0.494 e. The summed E-state index contributed by atoms with van der Waals surface area (Å²) < 4.78 is 5.41. The van der Waals surface area contributed by atoms with E-state index in [2.05, 4.69) is 15.6 Å². The predicted octanol–water partition coefficient (Wildman–Crippen LogP) is 1.46. The molecule has 1 aliphatic rings. The topological polar surface area (TPSA) is 45.6 Å². The van der Waals surface area contributed by atoms with Gasteiger partial charge in [-0.1, -0.05) is 6.07 Å². The van der Waals surface area contributed by atoms with E-state index in [0.717, 1.165) is 30.5 Å². The molecule has 4 heteroatoms. The minimum absolute atomic E-state index is 0.683. The summed E-state index contributed by atoms with van der Waals surface area (Å²) >= 11 is 0. The van der Waals surface area contributed by atoms with Crippen LogP contribution in [0.15, 0.2) is 29.3 Å². The Labute approximate surface area is 89.4 Å². The van der Waals surface area contributed by atoms with E-state index in [9.17, 15) is 0 Å². The van der Waals surface area contributed by atoms with Gasteiger partial charge in [0.2, 0.25) is 0 Å². The lowest BCUT2D eigenvalue weighted by atomic mass is 10.3. The number of benzene rings is 1. The highest BCUT2D eigenvalue weighted by Crippen LogP contribution is 2.17. The molecule has 1 aromatic rings. The van der Waals surface area contributed by atoms with E-state index in [1.165, 1.54) is 0 Å². The summed E-state index contributed by atoms with van der Waals surface area (Å²) in [5.74, 6) is 1.71. The second-order valence-corrected chi connectivity index (χ2v) is 3.24. The highest BCUT2D eigenvalue weighted by molar-refractivity contribution is 5.94. The number of aliphatic imine (C=N–C) groups is 1. The van der Waals surface area contributed by atoms with Gasteiger partial charge in [0.15, 0.2) is 5.96 Å². The fourth-order valence-electron chi connectivity index (χ4n) is 1.45. The van der Waals surface area contributed by atoms with Crippen LogP contribution in [0.1, 0.15) is 6.92 Å². The highest BCUT2D eigenvalue weighted by Gasteiger charge is 2.04. The van der Waals surface area contributed by atoms with E-state index < -0.39 is 0 Å². The molecule has 2 N–H and O–H groups in total. The van der Waals surface area contributed by atoms with Crippen molar-refractivity contribution in [3.05, 3.63) is 24.3 Å². The minimum Gasteiger partial charge on any atom is -0.494 e. The molecule has 0 saturated heterocycles. The molecular weight excluding hydrogens is 190 g/mol. The number of hydrogen-bond donors (Lipinski definition) is 2. The zero-order valence-corrected chi connectivity index (χ0v) is 8.79. The molecule has 0 bridgehead atoms. The number of hydrogen-bond acceptors (Lipinski definition) is 4. The maximum Gasteiger partial charge on any atom is 0.195 e. The van der Waals surface area contributed by atoms with Gasteiger partial charge in [0.25, 0.3) is 0 Å². The Morgan fingerprint density at radius 1 is 1.53 bits per heavy atom. The molecule has 0 fully saturated rings. The molecule has 0 amide bonds. The van der Waals surface area contributed by atoms with Crippen molar-refractivity contribution in [2.75, 3.05) is 25.0 Å². The molecule has 80 valence electrons. The van der Waals surface area contributed by atoms with Crippen molar-refractivity contribution < 1.29 is 4.74 Å². The van der Waals surface area contributed by atoms with Gasteiger partial charge in [-0.2, -0.15) is 0 Å². The second kappa shape index (κ2) is 4.68. The summed E-state index contributed by atoms with van der Waals surface area (Å²) in [4.78, 5) is 4.26. The molecule has 0 radical (unpaired) electrons. The van der Waals surface area contributed by atoms with Crippen molar-refractivity contribution in [2.24, 2.45) is 4.99 Å². The number of guanidine groups is 1. The molecule has 0 saturated carbocycles. The molecule has 0 aliphatic carbocycles. The molecule has 2 rings (SSSR count). The lowest BCUT2D eigenvalue weighted by Crippen LogP contribution is -2.26. The van der Waals surface area contributed by atoms with Crippen molar-refractivity contribution >= 4 is 11.6 Å². The van der Waals surface area contributed by atoms with Gasteiger partial charge in [0.1, 0.15) is 5.75 Å². The Morgan fingerprint density at radius 3 is 3.20 bits per heavy atom. The van der Waals surface area contributed by atoms with Crippen LogP contribution in [0.25, 0.3) is 0 Å². The van der Waals surface area contributed by atoms with Crippen LogP contribution in [0.5, 0.6) is 5.75 Å². The van der Waals surface area contributed by atoms with Crippen LogP contribution in [0.3, 0.4) is 0 Å². The zero-order chi connectivity index (χ0) is 10.5. The fourth-order valence-corrected chi connectivity index (χ4v) is 1.45. The van der Waals surface area contributed by atoms with Gasteiger partial charge >= 0.3 is 0 Å².